The minimum atomic E-state index is -0.205. The minimum Gasteiger partial charge on any atom is -0.384 e. The van der Waals surface area contributed by atoms with Crippen LogP contribution in [0.5, 0.6) is 0 Å². The molecule has 1 amide bonds. The molecule has 2 N–H and O–H groups in total. The third-order valence-electron chi connectivity index (χ3n) is 2.62. The molecule has 6 heteroatoms. The number of aromatic nitrogens is 3. The molecule has 102 valence electrons. The lowest BCUT2D eigenvalue weighted by atomic mass is 10.1. The number of carbonyl (C=O) groups excluding carboxylic acids is 1. The Morgan fingerprint density at radius 3 is 3.05 bits per heavy atom. The molecular formula is C14H14N4O2. The molecule has 0 bridgehead atoms. The van der Waals surface area contributed by atoms with E-state index in [0.717, 1.165) is 0 Å². The van der Waals surface area contributed by atoms with Crippen LogP contribution in [0.15, 0.2) is 30.6 Å². The summed E-state index contributed by atoms with van der Waals surface area (Å²) in [6.45, 7) is 0.148. The normalized spacial score (nSPS) is 9.70. The molecule has 0 fully saturated rings. The van der Waals surface area contributed by atoms with Crippen molar-refractivity contribution in [1.29, 1.82) is 0 Å². The molecule has 0 aliphatic carbocycles. The molecular weight excluding hydrogens is 256 g/mol. The number of nitrogens with one attached hydrogen (secondary N) is 1. The molecule has 2 rings (SSSR count). The van der Waals surface area contributed by atoms with Crippen LogP contribution in [0, 0.1) is 11.8 Å². The average molecular weight is 270 g/mol. The van der Waals surface area contributed by atoms with E-state index in [4.69, 9.17) is 5.11 Å². The number of H-pyrrole nitrogens is 1. The number of nitrogens with zero attached hydrogens (tertiary/aromatic N) is 3. The molecule has 20 heavy (non-hydrogen) atoms. The van der Waals surface area contributed by atoms with Gasteiger partial charge in [0.05, 0.1) is 6.54 Å². The van der Waals surface area contributed by atoms with E-state index in [1.807, 2.05) is 0 Å². The van der Waals surface area contributed by atoms with Crippen molar-refractivity contribution in [3.63, 3.8) is 0 Å². The first kappa shape index (κ1) is 13.8. The predicted octanol–water partition coefficient (Wildman–Crippen LogP) is 0.421. The number of carbonyl (C=O) groups is 1. The molecule has 6 nitrogen and oxygen atoms in total. The summed E-state index contributed by atoms with van der Waals surface area (Å²) in [5, 5.41) is 15.1. The Morgan fingerprint density at radius 2 is 2.35 bits per heavy atom. The number of amides is 1. The predicted molar refractivity (Wildman–Crippen MR) is 72.6 cm³/mol. The van der Waals surface area contributed by atoms with Crippen molar-refractivity contribution in [3.8, 4) is 11.8 Å². The monoisotopic (exact) mass is 270 g/mol. The zero-order valence-corrected chi connectivity index (χ0v) is 11.0. The third-order valence-corrected chi connectivity index (χ3v) is 2.62. The number of aromatic amines is 1. The van der Waals surface area contributed by atoms with E-state index >= 15 is 0 Å². The van der Waals surface area contributed by atoms with Gasteiger partial charge in [-0.05, 0) is 18.2 Å². The average Bonchev–Trinajstić information content (AvgIpc) is 2.97. The number of aliphatic hydroxyl groups is 1. The van der Waals surface area contributed by atoms with E-state index in [-0.39, 0.29) is 12.5 Å². The number of hydrogen-bond acceptors (Lipinski definition) is 4. The Kier molecular flexibility index (Phi) is 4.47. The van der Waals surface area contributed by atoms with Crippen LogP contribution in [0.25, 0.3) is 0 Å². The van der Waals surface area contributed by atoms with Gasteiger partial charge in [-0.2, -0.15) is 5.10 Å². The summed E-state index contributed by atoms with van der Waals surface area (Å²) < 4.78 is 0. The molecule has 0 atom stereocenters. The molecule has 0 aliphatic rings. The van der Waals surface area contributed by atoms with Crippen molar-refractivity contribution >= 4 is 5.91 Å². The number of rotatable bonds is 3. The van der Waals surface area contributed by atoms with Crippen molar-refractivity contribution in [2.45, 2.75) is 6.54 Å². The summed E-state index contributed by atoms with van der Waals surface area (Å²) in [5.41, 5.74) is 1.23. The van der Waals surface area contributed by atoms with Gasteiger partial charge in [0, 0.05) is 18.2 Å². The lowest BCUT2D eigenvalue weighted by Crippen LogP contribution is -2.26. The second-order valence-corrected chi connectivity index (χ2v) is 4.13. The highest BCUT2D eigenvalue weighted by molar-refractivity contribution is 5.94. The fourth-order valence-electron chi connectivity index (χ4n) is 1.70. The van der Waals surface area contributed by atoms with Crippen LogP contribution in [-0.4, -0.2) is 44.7 Å². The lowest BCUT2D eigenvalue weighted by Gasteiger charge is -2.15. The standard InChI is InChI=1S/C14H14N4O2/c1-18(9-13-15-10-16-17-13)14(20)12-6-2-4-11(8-12)5-3-7-19/h2,4,6,8,10,19H,7,9H2,1H3,(H,15,16,17). The molecule has 0 aliphatic heterocycles. The summed E-state index contributed by atoms with van der Waals surface area (Å²) in [6, 6.07) is 6.97. The largest absolute Gasteiger partial charge is 0.384 e. The zero-order valence-electron chi connectivity index (χ0n) is 11.0. The van der Waals surface area contributed by atoms with Crippen LogP contribution < -0.4 is 0 Å². The minimum absolute atomic E-state index is 0.131. The molecule has 1 aromatic carbocycles. The van der Waals surface area contributed by atoms with E-state index in [1.54, 1.807) is 36.2 Å². The highest BCUT2D eigenvalue weighted by Gasteiger charge is 2.13. The molecule has 0 saturated carbocycles. The maximum absolute atomic E-state index is 12.3. The van der Waals surface area contributed by atoms with Crippen molar-refractivity contribution in [1.82, 2.24) is 20.1 Å². The fraction of sp³-hybridized carbons (Fsp3) is 0.214. The van der Waals surface area contributed by atoms with Gasteiger partial charge < -0.3 is 10.0 Å². The van der Waals surface area contributed by atoms with E-state index in [0.29, 0.717) is 23.5 Å². The quantitative estimate of drug-likeness (QED) is 0.792. The summed E-state index contributed by atoms with van der Waals surface area (Å²) in [7, 11) is 1.69. The second-order valence-electron chi connectivity index (χ2n) is 4.13. The highest BCUT2D eigenvalue weighted by Crippen LogP contribution is 2.08. The van der Waals surface area contributed by atoms with Crippen LogP contribution >= 0.6 is 0 Å². The van der Waals surface area contributed by atoms with Gasteiger partial charge in [0.25, 0.3) is 5.91 Å². The van der Waals surface area contributed by atoms with Crippen molar-refractivity contribution in [2.75, 3.05) is 13.7 Å². The van der Waals surface area contributed by atoms with Crippen LogP contribution in [0.4, 0.5) is 0 Å². The van der Waals surface area contributed by atoms with E-state index in [9.17, 15) is 4.79 Å². The molecule has 0 unspecified atom stereocenters. The van der Waals surface area contributed by atoms with E-state index < -0.39 is 0 Å². The maximum Gasteiger partial charge on any atom is 0.254 e. The maximum atomic E-state index is 12.3. The van der Waals surface area contributed by atoms with E-state index in [2.05, 4.69) is 27.0 Å². The number of aliphatic hydroxyl groups excluding tert-OH is 1. The van der Waals surface area contributed by atoms with Crippen molar-refractivity contribution in [2.24, 2.45) is 0 Å². The van der Waals surface area contributed by atoms with Crippen LogP contribution in [0.2, 0.25) is 0 Å². The summed E-state index contributed by atoms with van der Waals surface area (Å²) >= 11 is 0. The van der Waals surface area contributed by atoms with Crippen LogP contribution in [-0.2, 0) is 6.54 Å². The van der Waals surface area contributed by atoms with E-state index in [1.165, 1.54) is 6.33 Å². The Hall–Kier alpha value is -2.65. The van der Waals surface area contributed by atoms with Crippen LogP contribution in [0.1, 0.15) is 21.7 Å². The zero-order chi connectivity index (χ0) is 14.4. The Balaban J connectivity index is 2.12. The van der Waals surface area contributed by atoms with Crippen molar-refractivity contribution < 1.29 is 9.90 Å². The van der Waals surface area contributed by atoms with Gasteiger partial charge >= 0.3 is 0 Å². The number of hydrogen-bond donors (Lipinski definition) is 2. The lowest BCUT2D eigenvalue weighted by molar-refractivity contribution is 0.0781. The molecule has 0 saturated heterocycles. The third kappa shape index (κ3) is 3.43. The molecule has 0 spiro atoms. The van der Waals surface area contributed by atoms with Gasteiger partial charge in [-0.25, -0.2) is 4.98 Å². The van der Waals surface area contributed by atoms with Crippen LogP contribution in [0.3, 0.4) is 0 Å². The summed E-state index contributed by atoms with van der Waals surface area (Å²) in [6.07, 6.45) is 1.40. The fourth-order valence-corrected chi connectivity index (χ4v) is 1.70. The molecule has 0 radical (unpaired) electrons. The first-order valence-corrected chi connectivity index (χ1v) is 6.00. The van der Waals surface area contributed by atoms with Gasteiger partial charge in [0.1, 0.15) is 18.8 Å². The SMILES string of the molecule is CN(Cc1ncn[nH]1)C(=O)c1cccc(C#CCO)c1. The molecule has 1 aromatic heterocycles. The first-order valence-electron chi connectivity index (χ1n) is 6.00. The van der Waals surface area contributed by atoms with Gasteiger partial charge in [-0.1, -0.05) is 17.9 Å². The summed E-state index contributed by atoms with van der Waals surface area (Å²) in [5.74, 6) is 5.82. The second kappa shape index (κ2) is 6.50. The van der Waals surface area contributed by atoms with Gasteiger partial charge in [-0.15, -0.1) is 0 Å². The van der Waals surface area contributed by atoms with Gasteiger partial charge in [0.15, 0.2) is 0 Å². The molecule has 1 heterocycles. The Morgan fingerprint density at radius 1 is 1.50 bits per heavy atom. The highest BCUT2D eigenvalue weighted by atomic mass is 16.2. The first-order chi connectivity index (χ1) is 9.70. The Bertz CT molecular complexity index is 641. The molecule has 2 aromatic rings. The number of benzene rings is 1. The smallest absolute Gasteiger partial charge is 0.254 e. The Labute approximate surface area is 116 Å². The van der Waals surface area contributed by atoms with Gasteiger partial charge in [0.2, 0.25) is 0 Å². The van der Waals surface area contributed by atoms with Crippen molar-refractivity contribution in [3.05, 3.63) is 47.5 Å². The topological polar surface area (TPSA) is 82.1 Å². The van der Waals surface area contributed by atoms with Gasteiger partial charge in [-0.3, -0.25) is 9.89 Å². The summed E-state index contributed by atoms with van der Waals surface area (Å²) in [4.78, 5) is 17.8.